The lowest BCUT2D eigenvalue weighted by Crippen LogP contribution is -2.21. The number of thiophene rings is 2. The van der Waals surface area contributed by atoms with Gasteiger partial charge in [0, 0.05) is 39.3 Å². The minimum Gasteiger partial charge on any atom is -0.368 e. The lowest BCUT2D eigenvalue weighted by molar-refractivity contribution is 0.323. The number of likely N-dealkylation sites (tertiary alicyclic amines) is 1. The maximum absolute atomic E-state index is 5.07. The first kappa shape index (κ1) is 21.8. The third kappa shape index (κ3) is 4.02. The SMILES string of the molecule is Cc1sc2nc(CN3CCCC3)nc(NC[C@H](c3cccs3)c3c[nH]c4ccccc34)c2c1C. The summed E-state index contributed by atoms with van der Waals surface area (Å²) in [6.07, 6.45) is 4.72. The molecule has 1 saturated heterocycles. The highest BCUT2D eigenvalue weighted by atomic mass is 32.1. The molecule has 0 bridgehead atoms. The van der Waals surface area contributed by atoms with Crippen LogP contribution in [0.4, 0.5) is 5.82 Å². The van der Waals surface area contributed by atoms with Gasteiger partial charge < -0.3 is 10.3 Å². The molecule has 1 aromatic carbocycles. The number of anilines is 1. The van der Waals surface area contributed by atoms with Gasteiger partial charge in [-0.05, 0) is 68.4 Å². The van der Waals surface area contributed by atoms with Crippen LogP contribution in [-0.4, -0.2) is 39.5 Å². The van der Waals surface area contributed by atoms with Crippen molar-refractivity contribution in [2.24, 2.45) is 0 Å². The Bertz CT molecular complexity index is 1430. The van der Waals surface area contributed by atoms with Crippen LogP contribution >= 0.6 is 22.7 Å². The molecule has 0 radical (unpaired) electrons. The van der Waals surface area contributed by atoms with Gasteiger partial charge in [0.1, 0.15) is 16.5 Å². The zero-order chi connectivity index (χ0) is 23.1. The van der Waals surface area contributed by atoms with Gasteiger partial charge >= 0.3 is 0 Å². The van der Waals surface area contributed by atoms with Gasteiger partial charge in [0.25, 0.3) is 0 Å². The molecule has 0 aliphatic carbocycles. The van der Waals surface area contributed by atoms with E-state index >= 15 is 0 Å². The number of aryl methyl sites for hydroxylation is 2. The van der Waals surface area contributed by atoms with Gasteiger partial charge in [-0.15, -0.1) is 22.7 Å². The minimum absolute atomic E-state index is 0.239. The van der Waals surface area contributed by atoms with E-state index in [-0.39, 0.29) is 5.92 Å². The first-order valence-corrected chi connectivity index (χ1v) is 13.7. The van der Waals surface area contributed by atoms with Gasteiger partial charge in [-0.3, -0.25) is 4.90 Å². The van der Waals surface area contributed by atoms with Crippen LogP contribution < -0.4 is 5.32 Å². The van der Waals surface area contributed by atoms with E-state index in [0.29, 0.717) is 0 Å². The normalized spacial score (nSPS) is 15.5. The van der Waals surface area contributed by atoms with Gasteiger partial charge in [-0.1, -0.05) is 24.3 Å². The predicted molar refractivity (Wildman–Crippen MR) is 144 cm³/mol. The zero-order valence-electron chi connectivity index (χ0n) is 19.6. The number of aromatic nitrogens is 3. The number of fused-ring (bicyclic) bond motifs is 2. The Morgan fingerprint density at radius 3 is 2.76 bits per heavy atom. The van der Waals surface area contributed by atoms with Crippen molar-refractivity contribution in [3.8, 4) is 0 Å². The van der Waals surface area contributed by atoms with Gasteiger partial charge in [-0.25, -0.2) is 9.97 Å². The second kappa shape index (κ2) is 9.13. The summed E-state index contributed by atoms with van der Waals surface area (Å²) in [6, 6.07) is 13.0. The minimum atomic E-state index is 0.239. The number of hydrogen-bond donors (Lipinski definition) is 2. The zero-order valence-corrected chi connectivity index (χ0v) is 21.2. The van der Waals surface area contributed by atoms with E-state index in [9.17, 15) is 0 Å². The van der Waals surface area contributed by atoms with Crippen LogP contribution in [-0.2, 0) is 6.54 Å². The lowest BCUT2D eigenvalue weighted by atomic mass is 9.96. The fourth-order valence-electron chi connectivity index (χ4n) is 5.07. The van der Waals surface area contributed by atoms with Crippen molar-refractivity contribution in [1.82, 2.24) is 19.9 Å². The number of para-hydroxylation sites is 1. The molecule has 7 heteroatoms. The molecule has 1 fully saturated rings. The highest BCUT2D eigenvalue weighted by Gasteiger charge is 2.22. The van der Waals surface area contributed by atoms with Crippen LogP contribution in [0.15, 0.2) is 48.0 Å². The number of H-pyrrole nitrogens is 1. The third-order valence-electron chi connectivity index (χ3n) is 7.00. The first-order chi connectivity index (χ1) is 16.7. The van der Waals surface area contributed by atoms with E-state index in [1.54, 1.807) is 11.3 Å². The monoisotopic (exact) mass is 487 g/mol. The number of benzene rings is 1. The molecule has 2 N–H and O–H groups in total. The highest BCUT2D eigenvalue weighted by Crippen LogP contribution is 2.36. The van der Waals surface area contributed by atoms with Crippen molar-refractivity contribution in [3.63, 3.8) is 0 Å². The number of aromatic amines is 1. The van der Waals surface area contributed by atoms with Crippen molar-refractivity contribution in [2.75, 3.05) is 25.0 Å². The maximum atomic E-state index is 5.07. The summed E-state index contributed by atoms with van der Waals surface area (Å²) in [6.45, 7) is 8.29. The van der Waals surface area contributed by atoms with Crippen LogP contribution in [0.25, 0.3) is 21.1 Å². The van der Waals surface area contributed by atoms with E-state index in [4.69, 9.17) is 9.97 Å². The Kier molecular flexibility index (Phi) is 5.85. The average molecular weight is 488 g/mol. The standard InChI is InChI=1S/C27H29N5S2/c1-17-18(2)34-27-25(17)26(30-24(31-27)16-32-11-5-6-12-32)29-15-21(23-10-7-13-33-23)20-14-28-22-9-4-3-8-19(20)22/h3-4,7-10,13-14,21,28H,5-6,11-12,15-16H2,1-2H3,(H,29,30,31)/t21-/m0/s1. The molecule has 0 unspecified atom stereocenters. The summed E-state index contributed by atoms with van der Waals surface area (Å²) < 4.78 is 0. The molecule has 0 saturated carbocycles. The van der Waals surface area contributed by atoms with Crippen molar-refractivity contribution < 1.29 is 0 Å². The summed E-state index contributed by atoms with van der Waals surface area (Å²) in [4.78, 5) is 19.8. The first-order valence-electron chi connectivity index (χ1n) is 12.0. The van der Waals surface area contributed by atoms with E-state index in [2.05, 4.69) is 77.0 Å². The van der Waals surface area contributed by atoms with Crippen molar-refractivity contribution >= 4 is 49.6 Å². The number of nitrogens with zero attached hydrogens (tertiary/aromatic N) is 3. The summed E-state index contributed by atoms with van der Waals surface area (Å²) >= 11 is 3.60. The molecule has 34 heavy (non-hydrogen) atoms. The second-order valence-corrected chi connectivity index (χ2v) is 11.4. The summed E-state index contributed by atoms with van der Waals surface area (Å²) in [5, 5.41) is 8.41. The predicted octanol–water partition coefficient (Wildman–Crippen LogP) is 6.69. The summed E-state index contributed by atoms with van der Waals surface area (Å²) in [7, 11) is 0. The molecule has 174 valence electrons. The summed E-state index contributed by atoms with van der Waals surface area (Å²) in [5.74, 6) is 2.14. The van der Waals surface area contributed by atoms with Gasteiger partial charge in [0.05, 0.1) is 11.9 Å². The van der Waals surface area contributed by atoms with Crippen LogP contribution in [0.5, 0.6) is 0 Å². The quantitative estimate of drug-likeness (QED) is 0.268. The van der Waals surface area contributed by atoms with Crippen LogP contribution in [0.2, 0.25) is 0 Å². The molecule has 5 heterocycles. The number of hydrogen-bond acceptors (Lipinski definition) is 6. The molecule has 0 spiro atoms. The highest BCUT2D eigenvalue weighted by molar-refractivity contribution is 7.18. The Morgan fingerprint density at radius 2 is 1.94 bits per heavy atom. The molecule has 0 amide bonds. The lowest BCUT2D eigenvalue weighted by Gasteiger charge is -2.19. The number of rotatable bonds is 7. The van der Waals surface area contributed by atoms with Crippen molar-refractivity contribution in [3.05, 3.63) is 74.7 Å². The van der Waals surface area contributed by atoms with E-state index < -0.39 is 0 Å². The summed E-state index contributed by atoms with van der Waals surface area (Å²) in [5.41, 5.74) is 3.79. The van der Waals surface area contributed by atoms with Gasteiger partial charge in [0.2, 0.25) is 0 Å². The molecule has 6 rings (SSSR count). The van der Waals surface area contributed by atoms with Crippen LogP contribution in [0.1, 0.15) is 45.5 Å². The van der Waals surface area contributed by atoms with Gasteiger partial charge in [0.15, 0.2) is 0 Å². The molecular formula is C27H29N5S2. The van der Waals surface area contributed by atoms with Crippen LogP contribution in [0, 0.1) is 13.8 Å². The number of nitrogens with one attached hydrogen (secondary N) is 2. The third-order valence-corrected chi connectivity index (χ3v) is 9.08. The smallest absolute Gasteiger partial charge is 0.146 e. The average Bonchev–Trinajstić information content (AvgIpc) is 3.64. The fourth-order valence-corrected chi connectivity index (χ4v) is 6.96. The van der Waals surface area contributed by atoms with Crippen molar-refractivity contribution in [1.29, 1.82) is 0 Å². The molecule has 1 atom stereocenters. The Labute approximate surface area is 207 Å². The fraction of sp³-hybridized carbons (Fsp3) is 0.333. The van der Waals surface area contributed by atoms with Crippen molar-refractivity contribution in [2.45, 2.75) is 39.2 Å². The van der Waals surface area contributed by atoms with E-state index in [0.717, 1.165) is 42.7 Å². The Morgan fingerprint density at radius 1 is 1.09 bits per heavy atom. The Hall–Kier alpha value is -2.74. The van der Waals surface area contributed by atoms with E-state index in [1.165, 1.54) is 50.0 Å². The molecule has 4 aromatic heterocycles. The molecule has 1 aliphatic rings. The topological polar surface area (TPSA) is 56.8 Å². The maximum Gasteiger partial charge on any atom is 0.146 e. The largest absolute Gasteiger partial charge is 0.368 e. The molecule has 5 aromatic rings. The molecular weight excluding hydrogens is 458 g/mol. The molecule has 1 aliphatic heterocycles. The van der Waals surface area contributed by atoms with E-state index in [1.807, 2.05) is 11.3 Å². The Balaban J connectivity index is 1.37. The van der Waals surface area contributed by atoms with Gasteiger partial charge in [-0.2, -0.15) is 0 Å². The molecule has 5 nitrogen and oxygen atoms in total. The second-order valence-electron chi connectivity index (χ2n) is 9.17. The van der Waals surface area contributed by atoms with Crippen LogP contribution in [0.3, 0.4) is 0 Å².